The second-order valence-electron chi connectivity index (χ2n) is 5.22. The summed E-state index contributed by atoms with van der Waals surface area (Å²) in [5.74, 6) is 0.799. The Kier molecular flexibility index (Phi) is 3.36. The second-order valence-corrected chi connectivity index (χ2v) is 5.22. The highest BCUT2D eigenvalue weighted by atomic mass is 15.2. The molecule has 0 aromatic rings. The first-order valence-electron chi connectivity index (χ1n) is 5.45. The Morgan fingerprint density at radius 2 is 2.08 bits per heavy atom. The summed E-state index contributed by atoms with van der Waals surface area (Å²) in [5, 5.41) is 0. The molecule has 0 aromatic carbocycles. The van der Waals surface area contributed by atoms with Crippen LogP contribution < -0.4 is 5.73 Å². The Morgan fingerprint density at radius 1 is 1.46 bits per heavy atom. The van der Waals surface area contributed by atoms with Crippen molar-refractivity contribution in [2.75, 3.05) is 13.1 Å². The summed E-state index contributed by atoms with van der Waals surface area (Å²) in [6.07, 6.45) is 2.45. The zero-order chi connectivity index (χ0) is 10.1. The molecular formula is C11H24N2. The highest BCUT2D eigenvalue weighted by molar-refractivity contribution is 4.97. The molecule has 2 N–H and O–H groups in total. The van der Waals surface area contributed by atoms with Gasteiger partial charge < -0.3 is 5.73 Å². The van der Waals surface area contributed by atoms with E-state index < -0.39 is 0 Å². The molecule has 0 aliphatic carbocycles. The van der Waals surface area contributed by atoms with Crippen LogP contribution in [0.5, 0.6) is 0 Å². The number of hydrogen-bond donors (Lipinski definition) is 1. The van der Waals surface area contributed by atoms with Crippen LogP contribution in [0.4, 0.5) is 0 Å². The fourth-order valence-electron chi connectivity index (χ4n) is 1.98. The standard InChI is InChI=1S/C11H24N2/c1-9(2)5-7-13-8-6-10(12)11(13,3)4/h9-10H,5-8,12H2,1-4H3. The molecule has 0 bridgehead atoms. The average Bonchev–Trinajstić information content (AvgIpc) is 2.25. The van der Waals surface area contributed by atoms with E-state index in [1.54, 1.807) is 0 Å². The highest BCUT2D eigenvalue weighted by Crippen LogP contribution is 2.27. The third-order valence-electron chi connectivity index (χ3n) is 3.41. The largest absolute Gasteiger partial charge is 0.326 e. The molecule has 1 rings (SSSR count). The highest BCUT2D eigenvalue weighted by Gasteiger charge is 2.38. The first kappa shape index (κ1) is 11.0. The summed E-state index contributed by atoms with van der Waals surface area (Å²) in [7, 11) is 0. The first-order chi connectivity index (χ1) is 5.94. The van der Waals surface area contributed by atoms with E-state index in [2.05, 4.69) is 32.6 Å². The average molecular weight is 184 g/mol. The van der Waals surface area contributed by atoms with E-state index in [1.807, 2.05) is 0 Å². The molecule has 0 spiro atoms. The zero-order valence-electron chi connectivity index (χ0n) is 9.51. The maximum Gasteiger partial charge on any atom is 0.0304 e. The van der Waals surface area contributed by atoms with Crippen molar-refractivity contribution < 1.29 is 0 Å². The van der Waals surface area contributed by atoms with Gasteiger partial charge in [-0.1, -0.05) is 13.8 Å². The molecule has 13 heavy (non-hydrogen) atoms. The predicted molar refractivity (Wildman–Crippen MR) is 57.7 cm³/mol. The van der Waals surface area contributed by atoms with Crippen molar-refractivity contribution in [2.24, 2.45) is 11.7 Å². The third kappa shape index (κ3) is 2.44. The normalized spacial score (nSPS) is 28.6. The van der Waals surface area contributed by atoms with E-state index >= 15 is 0 Å². The van der Waals surface area contributed by atoms with E-state index in [9.17, 15) is 0 Å². The van der Waals surface area contributed by atoms with Gasteiger partial charge in [0.25, 0.3) is 0 Å². The van der Waals surface area contributed by atoms with Crippen molar-refractivity contribution in [3.63, 3.8) is 0 Å². The summed E-state index contributed by atoms with van der Waals surface area (Å²) in [5.41, 5.74) is 6.28. The maximum absolute atomic E-state index is 6.07. The Hall–Kier alpha value is -0.0800. The van der Waals surface area contributed by atoms with E-state index in [0.29, 0.717) is 6.04 Å². The summed E-state index contributed by atoms with van der Waals surface area (Å²) in [4.78, 5) is 2.54. The molecule has 1 aliphatic rings. The van der Waals surface area contributed by atoms with Crippen LogP contribution in [0.25, 0.3) is 0 Å². The van der Waals surface area contributed by atoms with Gasteiger partial charge in [-0.15, -0.1) is 0 Å². The van der Waals surface area contributed by atoms with Crippen molar-refractivity contribution in [3.05, 3.63) is 0 Å². The van der Waals surface area contributed by atoms with Crippen LogP contribution >= 0.6 is 0 Å². The minimum atomic E-state index is 0.217. The number of nitrogens with two attached hydrogens (primary N) is 1. The molecule has 0 radical (unpaired) electrons. The molecule has 1 aliphatic heterocycles. The monoisotopic (exact) mass is 184 g/mol. The SMILES string of the molecule is CC(C)CCN1CCC(N)C1(C)C. The summed E-state index contributed by atoms with van der Waals surface area (Å²) < 4.78 is 0. The van der Waals surface area contributed by atoms with E-state index in [0.717, 1.165) is 12.3 Å². The molecule has 1 fully saturated rings. The molecule has 0 saturated carbocycles. The van der Waals surface area contributed by atoms with Gasteiger partial charge in [0.15, 0.2) is 0 Å². The Labute approximate surface area is 82.5 Å². The van der Waals surface area contributed by atoms with Crippen LogP contribution in [0, 0.1) is 5.92 Å². The first-order valence-corrected chi connectivity index (χ1v) is 5.45. The van der Waals surface area contributed by atoms with Crippen molar-refractivity contribution in [1.82, 2.24) is 4.90 Å². The van der Waals surface area contributed by atoms with Gasteiger partial charge in [-0.2, -0.15) is 0 Å². The van der Waals surface area contributed by atoms with Crippen LogP contribution in [0.15, 0.2) is 0 Å². The van der Waals surface area contributed by atoms with Gasteiger partial charge >= 0.3 is 0 Å². The molecule has 1 unspecified atom stereocenters. The molecule has 78 valence electrons. The van der Waals surface area contributed by atoms with Crippen molar-refractivity contribution >= 4 is 0 Å². The van der Waals surface area contributed by atoms with Gasteiger partial charge in [0.05, 0.1) is 0 Å². The number of nitrogens with zero attached hydrogens (tertiary/aromatic N) is 1. The molecule has 0 aromatic heterocycles. The van der Waals surface area contributed by atoms with Gasteiger partial charge in [-0.3, -0.25) is 4.90 Å². The Balaban J connectivity index is 2.43. The summed E-state index contributed by atoms with van der Waals surface area (Å²) >= 11 is 0. The second kappa shape index (κ2) is 3.97. The number of hydrogen-bond acceptors (Lipinski definition) is 2. The predicted octanol–water partition coefficient (Wildman–Crippen LogP) is 1.84. The minimum Gasteiger partial charge on any atom is -0.326 e. The molecule has 1 heterocycles. The van der Waals surface area contributed by atoms with Crippen LogP contribution in [-0.4, -0.2) is 29.6 Å². The van der Waals surface area contributed by atoms with Gasteiger partial charge in [-0.25, -0.2) is 0 Å². The number of likely N-dealkylation sites (tertiary alicyclic amines) is 1. The fourth-order valence-corrected chi connectivity index (χ4v) is 1.98. The molecular weight excluding hydrogens is 160 g/mol. The lowest BCUT2D eigenvalue weighted by Gasteiger charge is -2.34. The van der Waals surface area contributed by atoms with Crippen LogP contribution in [-0.2, 0) is 0 Å². The zero-order valence-corrected chi connectivity index (χ0v) is 9.51. The molecule has 2 nitrogen and oxygen atoms in total. The number of rotatable bonds is 3. The van der Waals surface area contributed by atoms with Gasteiger partial charge in [0.1, 0.15) is 0 Å². The van der Waals surface area contributed by atoms with Gasteiger partial charge in [-0.05, 0) is 39.2 Å². The van der Waals surface area contributed by atoms with E-state index in [4.69, 9.17) is 5.73 Å². The Morgan fingerprint density at radius 3 is 2.46 bits per heavy atom. The molecule has 1 saturated heterocycles. The smallest absolute Gasteiger partial charge is 0.0304 e. The van der Waals surface area contributed by atoms with Crippen molar-refractivity contribution in [2.45, 2.75) is 52.1 Å². The molecule has 2 heteroatoms. The van der Waals surface area contributed by atoms with E-state index in [1.165, 1.54) is 19.5 Å². The van der Waals surface area contributed by atoms with Crippen LogP contribution in [0.2, 0.25) is 0 Å². The summed E-state index contributed by atoms with van der Waals surface area (Å²) in [6, 6.07) is 0.361. The lowest BCUT2D eigenvalue weighted by atomic mass is 9.96. The van der Waals surface area contributed by atoms with Crippen molar-refractivity contribution in [3.8, 4) is 0 Å². The lowest BCUT2D eigenvalue weighted by molar-refractivity contribution is 0.155. The van der Waals surface area contributed by atoms with Crippen molar-refractivity contribution in [1.29, 1.82) is 0 Å². The third-order valence-corrected chi connectivity index (χ3v) is 3.41. The molecule has 0 amide bonds. The quantitative estimate of drug-likeness (QED) is 0.725. The lowest BCUT2D eigenvalue weighted by Crippen LogP contribution is -2.49. The topological polar surface area (TPSA) is 29.3 Å². The van der Waals surface area contributed by atoms with E-state index in [-0.39, 0.29) is 5.54 Å². The molecule has 1 atom stereocenters. The summed E-state index contributed by atoms with van der Waals surface area (Å²) in [6.45, 7) is 11.5. The minimum absolute atomic E-state index is 0.217. The fraction of sp³-hybridized carbons (Fsp3) is 1.00. The van der Waals surface area contributed by atoms with Gasteiger partial charge in [0.2, 0.25) is 0 Å². The van der Waals surface area contributed by atoms with Crippen LogP contribution in [0.1, 0.15) is 40.5 Å². The van der Waals surface area contributed by atoms with Crippen LogP contribution in [0.3, 0.4) is 0 Å². The Bertz CT molecular complexity index is 163. The van der Waals surface area contributed by atoms with Gasteiger partial charge in [0, 0.05) is 18.1 Å². The maximum atomic E-state index is 6.07.